The number of amides is 1. The topological polar surface area (TPSA) is 71.0 Å². The van der Waals surface area contributed by atoms with Gasteiger partial charge in [-0.1, -0.05) is 23.7 Å². The molecule has 1 aliphatic carbocycles. The summed E-state index contributed by atoms with van der Waals surface area (Å²) < 4.78 is 11.1. The number of hydrogen-bond donors (Lipinski definition) is 0. The first-order chi connectivity index (χ1) is 20.6. The predicted molar refractivity (Wildman–Crippen MR) is 167 cm³/mol. The molecule has 2 aliphatic heterocycles. The number of thiophene rings is 1. The molecule has 1 unspecified atom stereocenters. The summed E-state index contributed by atoms with van der Waals surface area (Å²) in [7, 11) is 0. The van der Waals surface area contributed by atoms with Gasteiger partial charge in [0.2, 0.25) is 0 Å². The summed E-state index contributed by atoms with van der Waals surface area (Å²) in [6.45, 7) is 6.27. The number of anilines is 2. The molecule has 4 aromatic rings. The van der Waals surface area contributed by atoms with Crippen LogP contribution in [0.1, 0.15) is 28.3 Å². The maximum absolute atomic E-state index is 12.4. The van der Waals surface area contributed by atoms with Crippen LogP contribution in [0.2, 0.25) is 5.02 Å². The van der Waals surface area contributed by atoms with Crippen LogP contribution in [0, 0.1) is 0 Å². The Morgan fingerprint density at radius 3 is 2.45 bits per heavy atom. The Morgan fingerprint density at radius 1 is 0.952 bits per heavy atom. The number of aryl methyl sites for hydroxylation is 1. The number of halogens is 1. The molecule has 4 heterocycles. The Kier molecular flexibility index (Phi) is 7.88. The summed E-state index contributed by atoms with van der Waals surface area (Å²) in [5, 5.41) is 2.02. The Hall–Kier alpha value is -3.40. The van der Waals surface area contributed by atoms with Gasteiger partial charge in [-0.05, 0) is 72.7 Å². The number of nitrogens with zero attached hydrogens (tertiary/aromatic N) is 5. The van der Waals surface area contributed by atoms with Gasteiger partial charge in [0, 0.05) is 54.9 Å². The van der Waals surface area contributed by atoms with Gasteiger partial charge in [0.05, 0.1) is 18.6 Å². The number of aromatic nitrogens is 2. The lowest BCUT2D eigenvalue weighted by molar-refractivity contribution is -0.137. The molecule has 2 aromatic heterocycles. The van der Waals surface area contributed by atoms with Crippen LogP contribution in [0.15, 0.2) is 54.9 Å². The average molecular weight is 604 g/mol. The first-order valence-electron chi connectivity index (χ1n) is 14.7. The number of hydrogen-bond acceptors (Lipinski definition) is 8. The van der Waals surface area contributed by atoms with E-state index < -0.39 is 0 Å². The fourth-order valence-corrected chi connectivity index (χ4v) is 7.72. The van der Waals surface area contributed by atoms with E-state index in [1.165, 1.54) is 27.1 Å². The molecule has 2 fully saturated rings. The molecule has 0 saturated carbocycles. The van der Waals surface area contributed by atoms with Crippen LogP contribution in [0.25, 0.3) is 10.2 Å². The molecule has 2 aromatic carbocycles. The molecular weight excluding hydrogens is 570 g/mol. The van der Waals surface area contributed by atoms with Crippen LogP contribution in [0.5, 0.6) is 5.75 Å². The quantitative estimate of drug-likeness (QED) is 0.301. The van der Waals surface area contributed by atoms with Crippen LogP contribution in [-0.2, 0) is 22.4 Å². The third-order valence-electron chi connectivity index (χ3n) is 8.67. The van der Waals surface area contributed by atoms with Gasteiger partial charge in [0.25, 0.3) is 5.91 Å². The van der Waals surface area contributed by atoms with Crippen molar-refractivity contribution in [1.82, 2.24) is 14.9 Å². The number of rotatable bonds is 6. The minimum atomic E-state index is 0.0119. The molecule has 8 nitrogen and oxygen atoms in total. The Bertz CT molecular complexity index is 1550. The SMILES string of the molecule is O=C(COc1ccc(C2CCc3c(sc4ncnc(N5CCN(c6ccc(Cl)cc6)CC5)c34)C2)cc1)N1CCOCC1. The maximum atomic E-state index is 12.4. The highest BCUT2D eigenvalue weighted by atomic mass is 35.5. The first-order valence-corrected chi connectivity index (χ1v) is 15.9. The van der Waals surface area contributed by atoms with Crippen molar-refractivity contribution in [3.8, 4) is 5.75 Å². The van der Waals surface area contributed by atoms with Crippen LogP contribution >= 0.6 is 22.9 Å². The third-order valence-corrected chi connectivity index (χ3v) is 10.1. The fraction of sp³-hybridized carbons (Fsp3) is 0.406. The molecule has 0 radical (unpaired) electrons. The van der Waals surface area contributed by atoms with Crippen molar-refractivity contribution in [3.05, 3.63) is 75.9 Å². The van der Waals surface area contributed by atoms with Crippen molar-refractivity contribution in [2.45, 2.75) is 25.2 Å². The summed E-state index contributed by atoms with van der Waals surface area (Å²) in [6.07, 6.45) is 4.85. The van der Waals surface area contributed by atoms with Crippen LogP contribution in [-0.4, -0.2) is 79.9 Å². The Balaban J connectivity index is 1.01. The zero-order valence-electron chi connectivity index (χ0n) is 23.5. The highest BCUT2D eigenvalue weighted by molar-refractivity contribution is 7.19. The van der Waals surface area contributed by atoms with E-state index in [4.69, 9.17) is 31.0 Å². The maximum Gasteiger partial charge on any atom is 0.260 e. The van der Waals surface area contributed by atoms with Crippen molar-refractivity contribution in [1.29, 1.82) is 0 Å². The third kappa shape index (κ3) is 5.65. The van der Waals surface area contributed by atoms with Crippen LogP contribution in [0.3, 0.4) is 0 Å². The lowest BCUT2D eigenvalue weighted by atomic mass is 9.83. The minimum absolute atomic E-state index is 0.0119. The molecular formula is C32H34ClN5O3S. The normalized spacial score (nSPS) is 19.2. The minimum Gasteiger partial charge on any atom is -0.484 e. The van der Waals surface area contributed by atoms with Gasteiger partial charge in [-0.3, -0.25) is 4.79 Å². The van der Waals surface area contributed by atoms with Crippen molar-refractivity contribution in [3.63, 3.8) is 0 Å². The highest BCUT2D eigenvalue weighted by Crippen LogP contribution is 2.43. The standard InChI is InChI=1S/C32H34ClN5O3S/c33-24-4-6-25(7-5-24)36-11-13-38(14-12-36)31-30-27-10-3-23(19-28(27)42-32(30)35-21-34-31)22-1-8-26(9-2-22)41-20-29(39)37-15-17-40-18-16-37/h1-2,4-9,21,23H,3,10-20H2. The summed E-state index contributed by atoms with van der Waals surface area (Å²) in [5.74, 6) is 2.28. The zero-order valence-corrected chi connectivity index (χ0v) is 25.1. The van der Waals surface area contributed by atoms with Crippen molar-refractivity contribution in [2.24, 2.45) is 0 Å². The number of benzene rings is 2. The Morgan fingerprint density at radius 2 is 1.69 bits per heavy atom. The predicted octanol–water partition coefficient (Wildman–Crippen LogP) is 5.18. The van der Waals surface area contributed by atoms with Crippen LogP contribution in [0.4, 0.5) is 11.5 Å². The second-order valence-electron chi connectivity index (χ2n) is 11.1. The second-order valence-corrected chi connectivity index (χ2v) is 12.6. The summed E-state index contributed by atoms with van der Waals surface area (Å²) >= 11 is 7.92. The molecule has 3 aliphatic rings. The number of fused-ring (bicyclic) bond motifs is 3. The van der Waals surface area contributed by atoms with E-state index in [1.54, 1.807) is 11.2 Å². The van der Waals surface area contributed by atoms with Gasteiger partial charge in [0.15, 0.2) is 6.61 Å². The number of piperazine rings is 1. The van der Waals surface area contributed by atoms with Gasteiger partial charge in [-0.25, -0.2) is 9.97 Å². The average Bonchev–Trinajstić information content (AvgIpc) is 3.43. The smallest absolute Gasteiger partial charge is 0.260 e. The van der Waals surface area contributed by atoms with E-state index in [9.17, 15) is 4.79 Å². The van der Waals surface area contributed by atoms with Crippen molar-refractivity contribution >= 4 is 50.6 Å². The summed E-state index contributed by atoms with van der Waals surface area (Å²) in [6, 6.07) is 16.4. The van der Waals surface area contributed by atoms with Gasteiger partial charge < -0.3 is 24.2 Å². The lowest BCUT2D eigenvalue weighted by Gasteiger charge is -2.37. The molecule has 2 saturated heterocycles. The molecule has 0 N–H and O–H groups in total. The van der Waals surface area contributed by atoms with Crippen molar-refractivity contribution < 1.29 is 14.3 Å². The van der Waals surface area contributed by atoms with Gasteiger partial charge >= 0.3 is 0 Å². The Labute approximate surface area is 254 Å². The van der Waals surface area contributed by atoms with Crippen LogP contribution < -0.4 is 14.5 Å². The van der Waals surface area contributed by atoms with Gasteiger partial charge in [-0.2, -0.15) is 0 Å². The lowest BCUT2D eigenvalue weighted by Crippen LogP contribution is -2.47. The number of ether oxygens (including phenoxy) is 2. The molecule has 0 spiro atoms. The molecule has 1 atom stereocenters. The molecule has 1 amide bonds. The zero-order chi connectivity index (χ0) is 28.5. The molecule has 42 heavy (non-hydrogen) atoms. The molecule has 218 valence electrons. The first kappa shape index (κ1) is 27.4. The van der Waals surface area contributed by atoms with E-state index in [0.717, 1.165) is 66.9 Å². The van der Waals surface area contributed by atoms with Crippen molar-refractivity contribution in [2.75, 3.05) is 68.9 Å². The van der Waals surface area contributed by atoms with Gasteiger partial charge in [0.1, 0.15) is 22.7 Å². The number of morpholine rings is 1. The fourth-order valence-electron chi connectivity index (χ4n) is 6.33. The summed E-state index contributed by atoms with van der Waals surface area (Å²) in [4.78, 5) is 31.1. The second kappa shape index (κ2) is 12.1. The molecule has 10 heteroatoms. The monoisotopic (exact) mass is 603 g/mol. The molecule has 7 rings (SSSR count). The van der Waals surface area contributed by atoms with E-state index in [-0.39, 0.29) is 12.5 Å². The number of carbonyl (C=O) groups is 1. The van der Waals surface area contributed by atoms with E-state index in [1.807, 2.05) is 35.6 Å². The van der Waals surface area contributed by atoms with E-state index in [0.29, 0.717) is 32.2 Å². The summed E-state index contributed by atoms with van der Waals surface area (Å²) in [5.41, 5.74) is 3.96. The largest absolute Gasteiger partial charge is 0.484 e. The number of carbonyl (C=O) groups excluding carboxylic acids is 1. The molecule has 0 bridgehead atoms. The van der Waals surface area contributed by atoms with Gasteiger partial charge in [-0.15, -0.1) is 11.3 Å². The highest BCUT2D eigenvalue weighted by Gasteiger charge is 2.28. The van der Waals surface area contributed by atoms with E-state index >= 15 is 0 Å². The van der Waals surface area contributed by atoms with E-state index in [2.05, 4.69) is 34.1 Å².